The number of fused-ring (bicyclic) bond motifs is 1. The fourth-order valence-electron chi connectivity index (χ4n) is 3.85. The number of pyridine rings is 1. The van der Waals surface area contributed by atoms with E-state index in [-0.39, 0.29) is 16.1 Å². The van der Waals surface area contributed by atoms with Crippen LogP contribution in [0.25, 0.3) is 10.9 Å². The maximum absolute atomic E-state index is 13.7. The summed E-state index contributed by atoms with van der Waals surface area (Å²) in [5.74, 6) is -0.547. The summed E-state index contributed by atoms with van der Waals surface area (Å²) < 4.78 is 20.7. The van der Waals surface area contributed by atoms with Gasteiger partial charge in [-0.2, -0.15) is 5.26 Å². The van der Waals surface area contributed by atoms with Gasteiger partial charge in [-0.05, 0) is 51.1 Å². The Morgan fingerprint density at radius 2 is 1.87 bits per heavy atom. The molecule has 38 heavy (non-hydrogen) atoms. The molecule has 0 saturated heterocycles. The number of benzene rings is 2. The maximum atomic E-state index is 13.7. The van der Waals surface area contributed by atoms with Crippen LogP contribution >= 0.6 is 23.2 Å². The molecule has 0 amide bonds. The summed E-state index contributed by atoms with van der Waals surface area (Å²) in [6.45, 7) is 6.07. The van der Waals surface area contributed by atoms with E-state index in [0.29, 0.717) is 44.4 Å². The first-order valence-electron chi connectivity index (χ1n) is 11.5. The second kappa shape index (κ2) is 9.93. The van der Waals surface area contributed by atoms with E-state index >= 15 is 0 Å². The minimum Gasteiger partial charge on any atom is -0.451 e. The second-order valence-corrected chi connectivity index (χ2v) is 10.3. The zero-order valence-electron chi connectivity index (χ0n) is 20.5. The lowest BCUT2D eigenvalue weighted by atomic mass is 10.1. The monoisotopic (exact) mass is 550 g/mol. The molecule has 1 atom stereocenters. The number of nitrogens with one attached hydrogen (secondary N) is 2. The van der Waals surface area contributed by atoms with Crippen molar-refractivity contribution in [1.29, 1.82) is 5.26 Å². The average molecular weight is 551 g/mol. The van der Waals surface area contributed by atoms with Gasteiger partial charge in [-0.1, -0.05) is 28.4 Å². The van der Waals surface area contributed by atoms with Gasteiger partial charge in [0, 0.05) is 23.0 Å². The number of halogens is 3. The summed E-state index contributed by atoms with van der Waals surface area (Å²) in [5.41, 5.74) is 3.23. The molecule has 0 aliphatic rings. The molecular formula is C26H21Cl2FN8O. The van der Waals surface area contributed by atoms with Crippen LogP contribution < -0.4 is 10.6 Å². The fourth-order valence-corrected chi connectivity index (χ4v) is 4.30. The number of anilines is 3. The Hall–Kier alpha value is -4.20. The average Bonchev–Trinajstić information content (AvgIpc) is 3.58. The first kappa shape index (κ1) is 25.4. The Morgan fingerprint density at radius 1 is 1.08 bits per heavy atom. The van der Waals surface area contributed by atoms with Crippen molar-refractivity contribution in [3.05, 3.63) is 88.2 Å². The predicted molar refractivity (Wildman–Crippen MR) is 143 cm³/mol. The number of hydrogen-bond acceptors (Lipinski definition) is 8. The van der Waals surface area contributed by atoms with Crippen molar-refractivity contribution in [2.45, 2.75) is 32.4 Å². The van der Waals surface area contributed by atoms with Gasteiger partial charge in [-0.3, -0.25) is 4.98 Å². The minimum absolute atomic E-state index is 0.0500. The fraction of sp³-hybridized carbons (Fsp3) is 0.192. The third-order valence-corrected chi connectivity index (χ3v) is 6.36. The lowest BCUT2D eigenvalue weighted by Gasteiger charge is -2.19. The van der Waals surface area contributed by atoms with Crippen molar-refractivity contribution in [3.8, 4) is 6.07 Å². The lowest BCUT2D eigenvalue weighted by molar-refractivity contribution is 0.347. The summed E-state index contributed by atoms with van der Waals surface area (Å²) in [6.07, 6.45) is 6.13. The van der Waals surface area contributed by atoms with Crippen LogP contribution in [0.5, 0.6) is 0 Å². The highest BCUT2D eigenvalue weighted by molar-refractivity contribution is 6.36. The van der Waals surface area contributed by atoms with E-state index < -0.39 is 11.9 Å². The molecule has 0 fully saturated rings. The molecule has 0 aliphatic carbocycles. The van der Waals surface area contributed by atoms with Crippen LogP contribution in [0.2, 0.25) is 10.0 Å². The van der Waals surface area contributed by atoms with Gasteiger partial charge in [0.2, 0.25) is 0 Å². The van der Waals surface area contributed by atoms with E-state index in [1.165, 1.54) is 37.1 Å². The van der Waals surface area contributed by atoms with Gasteiger partial charge in [0.05, 0.1) is 38.5 Å². The summed E-state index contributed by atoms with van der Waals surface area (Å²) in [6, 6.07) is 9.36. The number of rotatable bonds is 6. The van der Waals surface area contributed by atoms with Crippen LogP contribution in [0, 0.1) is 17.1 Å². The Kier molecular flexibility index (Phi) is 6.65. The third kappa shape index (κ3) is 4.98. The van der Waals surface area contributed by atoms with Crippen LogP contribution in [0.3, 0.4) is 0 Å². The zero-order valence-corrected chi connectivity index (χ0v) is 22.0. The largest absolute Gasteiger partial charge is 0.451 e. The number of oxazole rings is 1. The van der Waals surface area contributed by atoms with Crippen LogP contribution in [0.1, 0.15) is 43.8 Å². The SMILES string of the molecule is CC(C)(C)n1cc(C(Nc2cc(Cl)c3ncc(C#N)c(Nc4ccc(F)c(Cl)c4)c3c2)c2cocn2)nn1. The number of nitriles is 1. The Labute approximate surface area is 227 Å². The number of aromatic nitrogens is 5. The molecule has 0 radical (unpaired) electrons. The quantitative estimate of drug-likeness (QED) is 0.236. The lowest BCUT2D eigenvalue weighted by Crippen LogP contribution is -2.22. The molecule has 0 saturated carbocycles. The third-order valence-electron chi connectivity index (χ3n) is 5.79. The van der Waals surface area contributed by atoms with Crippen molar-refractivity contribution in [1.82, 2.24) is 25.0 Å². The van der Waals surface area contributed by atoms with Crippen molar-refractivity contribution in [2.24, 2.45) is 0 Å². The van der Waals surface area contributed by atoms with Gasteiger partial charge in [-0.15, -0.1) is 5.10 Å². The highest BCUT2D eigenvalue weighted by atomic mass is 35.5. The molecule has 0 spiro atoms. The van der Waals surface area contributed by atoms with E-state index in [1.807, 2.05) is 33.0 Å². The first-order valence-corrected chi connectivity index (χ1v) is 12.2. The van der Waals surface area contributed by atoms with Crippen molar-refractivity contribution in [2.75, 3.05) is 10.6 Å². The molecule has 5 aromatic rings. The van der Waals surface area contributed by atoms with Crippen LogP contribution in [0.15, 0.2) is 59.8 Å². The van der Waals surface area contributed by atoms with Gasteiger partial charge in [0.25, 0.3) is 0 Å². The van der Waals surface area contributed by atoms with Crippen molar-refractivity contribution < 1.29 is 8.81 Å². The predicted octanol–water partition coefficient (Wildman–Crippen LogP) is 6.83. The molecular weight excluding hydrogens is 530 g/mol. The summed E-state index contributed by atoms with van der Waals surface area (Å²) in [7, 11) is 0. The molecule has 5 rings (SSSR count). The Morgan fingerprint density at radius 3 is 2.53 bits per heavy atom. The number of nitrogens with zero attached hydrogens (tertiary/aromatic N) is 6. The van der Waals surface area contributed by atoms with Gasteiger partial charge >= 0.3 is 0 Å². The van der Waals surface area contributed by atoms with Gasteiger partial charge in [0.15, 0.2) is 6.39 Å². The highest BCUT2D eigenvalue weighted by Crippen LogP contribution is 2.37. The molecule has 3 heterocycles. The van der Waals surface area contributed by atoms with Gasteiger partial charge in [0.1, 0.15) is 35.6 Å². The molecule has 3 aromatic heterocycles. The smallest absolute Gasteiger partial charge is 0.180 e. The van der Waals surface area contributed by atoms with Crippen molar-refractivity contribution in [3.63, 3.8) is 0 Å². The normalized spacial score (nSPS) is 12.3. The van der Waals surface area contributed by atoms with Crippen LogP contribution in [-0.2, 0) is 5.54 Å². The highest BCUT2D eigenvalue weighted by Gasteiger charge is 2.24. The van der Waals surface area contributed by atoms with Gasteiger partial charge in [-0.25, -0.2) is 14.1 Å². The summed E-state index contributed by atoms with van der Waals surface area (Å²) >= 11 is 12.6. The molecule has 2 aromatic carbocycles. The molecule has 1 unspecified atom stereocenters. The second-order valence-electron chi connectivity index (χ2n) is 9.52. The molecule has 9 nitrogen and oxygen atoms in total. The minimum atomic E-state index is -0.547. The van der Waals surface area contributed by atoms with E-state index in [9.17, 15) is 9.65 Å². The summed E-state index contributed by atoms with van der Waals surface area (Å²) in [5, 5.41) is 25.9. The van der Waals surface area contributed by atoms with Crippen LogP contribution in [0.4, 0.5) is 21.5 Å². The van der Waals surface area contributed by atoms with E-state index in [4.69, 9.17) is 27.6 Å². The Bertz CT molecular complexity index is 1670. The van der Waals surface area contributed by atoms with E-state index in [1.54, 1.807) is 10.7 Å². The molecule has 0 bridgehead atoms. The molecule has 0 aliphatic heterocycles. The van der Waals surface area contributed by atoms with E-state index in [2.05, 4.69) is 37.0 Å². The zero-order chi connectivity index (χ0) is 27.0. The maximum Gasteiger partial charge on any atom is 0.180 e. The molecule has 2 N–H and O–H groups in total. The molecule has 12 heteroatoms. The first-order chi connectivity index (χ1) is 18.1. The van der Waals surface area contributed by atoms with Crippen LogP contribution in [-0.4, -0.2) is 25.0 Å². The van der Waals surface area contributed by atoms with Gasteiger partial charge < -0.3 is 15.1 Å². The standard InChI is InChI=1S/C26H21Cl2FN8O/c1-26(2,3)37-11-21(35-36-37)25(22-12-38-13-32-22)34-16-6-17-23(33-15-4-5-20(29)18(27)7-15)14(9-30)10-31-24(17)19(28)8-16/h4-8,10-13,25,34H,1-3H3,(H,31,33). The van der Waals surface area contributed by atoms with E-state index in [0.717, 1.165) is 0 Å². The topological polar surface area (TPSA) is 117 Å². The Balaban J connectivity index is 1.60. The number of hydrogen-bond donors (Lipinski definition) is 2. The molecule has 192 valence electrons. The summed E-state index contributed by atoms with van der Waals surface area (Å²) in [4.78, 5) is 8.69. The van der Waals surface area contributed by atoms with Crippen molar-refractivity contribution >= 4 is 51.2 Å².